The van der Waals surface area contributed by atoms with Crippen molar-refractivity contribution in [1.82, 2.24) is 39.3 Å². The third-order valence-corrected chi connectivity index (χ3v) is 6.63. The number of hydrogen-bond donors (Lipinski definition) is 1. The zero-order chi connectivity index (χ0) is 24.1. The van der Waals surface area contributed by atoms with Gasteiger partial charge in [0.05, 0.1) is 28.3 Å². The molecule has 35 heavy (non-hydrogen) atoms. The van der Waals surface area contributed by atoms with E-state index in [4.69, 9.17) is 21.7 Å². The van der Waals surface area contributed by atoms with E-state index in [0.717, 1.165) is 64.3 Å². The van der Waals surface area contributed by atoms with Crippen LogP contribution in [-0.4, -0.2) is 39.3 Å². The number of aromatic nitrogens is 8. The fourth-order valence-corrected chi connectivity index (χ4v) is 4.88. The molecule has 0 atom stereocenters. The minimum Gasteiger partial charge on any atom is -0.307 e. The summed E-state index contributed by atoms with van der Waals surface area (Å²) >= 11 is 6.85. The predicted octanol–water partition coefficient (Wildman–Crippen LogP) is 4.66. The Kier molecular flexibility index (Phi) is 5.14. The molecule has 1 aliphatic rings. The summed E-state index contributed by atoms with van der Waals surface area (Å²) in [5, 5.41) is 17.5. The largest absolute Gasteiger partial charge is 0.307 e. The summed E-state index contributed by atoms with van der Waals surface area (Å²) in [5.41, 5.74) is 7.91. The van der Waals surface area contributed by atoms with Gasteiger partial charge in [0.2, 0.25) is 5.95 Å². The summed E-state index contributed by atoms with van der Waals surface area (Å²) in [6.45, 7) is 2.85. The van der Waals surface area contributed by atoms with Crippen molar-refractivity contribution in [1.29, 1.82) is 0 Å². The van der Waals surface area contributed by atoms with Crippen LogP contribution in [0.4, 0.5) is 11.8 Å². The lowest BCUT2D eigenvalue weighted by atomic mass is 9.91. The van der Waals surface area contributed by atoms with Crippen LogP contribution in [-0.2, 0) is 33.5 Å². The van der Waals surface area contributed by atoms with Crippen molar-refractivity contribution in [2.24, 2.45) is 14.1 Å². The topological polar surface area (TPSA) is 91.3 Å². The quantitative estimate of drug-likeness (QED) is 0.389. The third-order valence-electron chi connectivity index (χ3n) is 6.32. The van der Waals surface area contributed by atoms with Gasteiger partial charge >= 0.3 is 0 Å². The first-order valence-electron chi connectivity index (χ1n) is 11.5. The average Bonchev–Trinajstić information content (AvgIpc) is 3.57. The molecule has 0 fully saturated rings. The Labute approximate surface area is 207 Å². The molecule has 6 rings (SSSR count). The van der Waals surface area contributed by atoms with Crippen LogP contribution in [0, 0.1) is 0 Å². The number of nitrogens with zero attached hydrogens (tertiary/aromatic N) is 8. The molecular formula is C25H24ClN9. The fraction of sp³-hybridized carbons (Fsp3) is 0.240. The number of anilines is 2. The fourth-order valence-electron chi connectivity index (χ4n) is 4.61. The number of nitrogens with one attached hydrogen (secondary N) is 1. The lowest BCUT2D eigenvalue weighted by Gasteiger charge is -2.17. The van der Waals surface area contributed by atoms with Crippen LogP contribution in [0.1, 0.15) is 18.2 Å². The Morgan fingerprint density at radius 2 is 1.94 bits per heavy atom. The van der Waals surface area contributed by atoms with E-state index >= 15 is 0 Å². The van der Waals surface area contributed by atoms with Crippen LogP contribution in [0.15, 0.2) is 49.1 Å². The van der Waals surface area contributed by atoms with Gasteiger partial charge < -0.3 is 5.32 Å². The van der Waals surface area contributed by atoms with E-state index in [2.05, 4.69) is 26.6 Å². The molecule has 1 aliphatic carbocycles. The van der Waals surface area contributed by atoms with Gasteiger partial charge in [-0.15, -0.1) is 0 Å². The van der Waals surface area contributed by atoms with Crippen LogP contribution in [0.5, 0.6) is 0 Å². The number of fused-ring (bicyclic) bond motifs is 3. The van der Waals surface area contributed by atoms with Gasteiger partial charge in [0, 0.05) is 62.0 Å². The normalized spacial score (nSPS) is 12.5. The summed E-state index contributed by atoms with van der Waals surface area (Å²) in [6, 6.07) is 8.01. The van der Waals surface area contributed by atoms with Crippen LogP contribution in [0.25, 0.3) is 33.6 Å². The van der Waals surface area contributed by atoms with Gasteiger partial charge in [-0.25, -0.2) is 9.97 Å². The highest BCUT2D eigenvalue weighted by molar-refractivity contribution is 6.33. The number of halogens is 1. The zero-order valence-corrected chi connectivity index (χ0v) is 20.5. The number of aryl methyl sites for hydroxylation is 5. The lowest BCUT2D eigenvalue weighted by Crippen LogP contribution is -2.09. The third kappa shape index (κ3) is 3.77. The summed E-state index contributed by atoms with van der Waals surface area (Å²) in [4.78, 5) is 9.44. The molecule has 4 heterocycles. The molecule has 0 saturated carbocycles. The van der Waals surface area contributed by atoms with Crippen molar-refractivity contribution >= 4 is 23.4 Å². The molecule has 5 aromatic rings. The standard InChI is InChI=1S/C25H24ClN9/c1-4-35-10-9-21(32-35)29-25-27-12-16-6-8-20-22(23(16)30-25)24(34(3)31-20)18-7-5-15(11-19(18)26)17-13-28-33(2)14-17/h5,7,9-14H,4,6,8H2,1-3H3,(H,27,29,30,32). The van der Waals surface area contributed by atoms with E-state index in [9.17, 15) is 0 Å². The second-order valence-corrected chi connectivity index (χ2v) is 9.05. The maximum absolute atomic E-state index is 6.85. The van der Waals surface area contributed by atoms with Gasteiger partial charge in [-0.1, -0.05) is 23.7 Å². The zero-order valence-electron chi connectivity index (χ0n) is 19.7. The Balaban J connectivity index is 1.42. The first-order valence-corrected chi connectivity index (χ1v) is 11.9. The lowest BCUT2D eigenvalue weighted by molar-refractivity contribution is 0.662. The van der Waals surface area contributed by atoms with Crippen molar-refractivity contribution in [3.63, 3.8) is 0 Å². The minimum atomic E-state index is 0.505. The molecule has 4 aromatic heterocycles. The molecule has 0 radical (unpaired) electrons. The Bertz CT molecular complexity index is 1560. The molecule has 0 aliphatic heterocycles. The van der Waals surface area contributed by atoms with Gasteiger partial charge in [-0.05, 0) is 37.0 Å². The van der Waals surface area contributed by atoms with Crippen LogP contribution in [0.3, 0.4) is 0 Å². The van der Waals surface area contributed by atoms with E-state index in [1.807, 2.05) is 73.4 Å². The Hall–Kier alpha value is -3.98. The Morgan fingerprint density at radius 1 is 1.06 bits per heavy atom. The van der Waals surface area contributed by atoms with Gasteiger partial charge in [0.1, 0.15) is 0 Å². The molecular weight excluding hydrogens is 462 g/mol. The summed E-state index contributed by atoms with van der Waals surface area (Å²) in [7, 11) is 3.86. The van der Waals surface area contributed by atoms with Crippen molar-refractivity contribution in [3.8, 4) is 33.6 Å². The Morgan fingerprint density at radius 3 is 2.69 bits per heavy atom. The molecule has 0 amide bonds. The molecule has 1 N–H and O–H groups in total. The van der Waals surface area contributed by atoms with Crippen LogP contribution < -0.4 is 5.32 Å². The highest BCUT2D eigenvalue weighted by atomic mass is 35.5. The highest BCUT2D eigenvalue weighted by Crippen LogP contribution is 2.42. The number of rotatable bonds is 5. The van der Waals surface area contributed by atoms with Crippen molar-refractivity contribution in [2.45, 2.75) is 26.3 Å². The molecule has 0 unspecified atom stereocenters. The van der Waals surface area contributed by atoms with Crippen molar-refractivity contribution < 1.29 is 0 Å². The van der Waals surface area contributed by atoms with Gasteiger partial charge in [-0.2, -0.15) is 15.3 Å². The van der Waals surface area contributed by atoms with E-state index in [-0.39, 0.29) is 0 Å². The number of hydrogen-bond acceptors (Lipinski definition) is 6. The van der Waals surface area contributed by atoms with Crippen LogP contribution in [0.2, 0.25) is 5.02 Å². The van der Waals surface area contributed by atoms with Crippen LogP contribution >= 0.6 is 11.6 Å². The summed E-state index contributed by atoms with van der Waals surface area (Å²) in [6.07, 6.45) is 9.31. The van der Waals surface area contributed by atoms with E-state index in [0.29, 0.717) is 16.8 Å². The molecule has 10 heteroatoms. The molecule has 0 bridgehead atoms. The average molecular weight is 486 g/mol. The maximum Gasteiger partial charge on any atom is 0.228 e. The second-order valence-electron chi connectivity index (χ2n) is 8.64. The van der Waals surface area contributed by atoms with Gasteiger partial charge in [-0.3, -0.25) is 14.0 Å². The van der Waals surface area contributed by atoms with E-state index in [1.165, 1.54) is 0 Å². The summed E-state index contributed by atoms with van der Waals surface area (Å²) < 4.78 is 5.54. The van der Waals surface area contributed by atoms with Crippen molar-refractivity contribution in [2.75, 3.05) is 5.32 Å². The SMILES string of the molecule is CCn1ccc(Nc2ncc3c(n2)-c2c(nn(C)c2-c2ccc(-c4cnn(C)c4)cc2Cl)CC3)n1. The second kappa shape index (κ2) is 8.35. The molecule has 1 aromatic carbocycles. The highest BCUT2D eigenvalue weighted by Gasteiger charge is 2.28. The first kappa shape index (κ1) is 21.5. The van der Waals surface area contributed by atoms with Gasteiger partial charge in [0.15, 0.2) is 5.82 Å². The molecule has 0 saturated heterocycles. The number of benzene rings is 1. The molecule has 176 valence electrons. The predicted molar refractivity (Wildman–Crippen MR) is 135 cm³/mol. The van der Waals surface area contributed by atoms with Gasteiger partial charge in [0.25, 0.3) is 0 Å². The minimum absolute atomic E-state index is 0.505. The van der Waals surface area contributed by atoms with Crippen molar-refractivity contribution in [3.05, 3.63) is 65.3 Å². The van der Waals surface area contributed by atoms with E-state index in [1.54, 1.807) is 4.68 Å². The maximum atomic E-state index is 6.85. The summed E-state index contributed by atoms with van der Waals surface area (Å²) in [5.74, 6) is 1.22. The first-order chi connectivity index (χ1) is 17.0. The monoisotopic (exact) mass is 485 g/mol. The van der Waals surface area contributed by atoms with E-state index < -0.39 is 0 Å². The molecule has 0 spiro atoms. The molecule has 9 nitrogen and oxygen atoms in total. The smallest absolute Gasteiger partial charge is 0.228 e.